The molecular formula is C19H21N3O3. The van der Waals surface area contributed by atoms with E-state index in [2.05, 4.69) is 15.3 Å². The second-order valence-electron chi connectivity index (χ2n) is 6.12. The number of carbonyl (C=O) groups excluding carboxylic acids is 1. The van der Waals surface area contributed by atoms with Crippen LogP contribution in [0.1, 0.15) is 22.4 Å². The Hall–Kier alpha value is -3.02. The van der Waals surface area contributed by atoms with Gasteiger partial charge in [-0.15, -0.1) is 0 Å². The van der Waals surface area contributed by atoms with Gasteiger partial charge in [-0.2, -0.15) is 0 Å². The maximum absolute atomic E-state index is 12.3. The second kappa shape index (κ2) is 6.84. The molecule has 0 bridgehead atoms. The molecule has 0 aliphatic carbocycles. The molecule has 0 aliphatic rings. The molecule has 1 amide bonds. The molecular weight excluding hydrogens is 318 g/mol. The molecule has 0 unspecified atom stereocenters. The van der Waals surface area contributed by atoms with Crippen LogP contribution in [0, 0.1) is 13.8 Å². The zero-order chi connectivity index (χ0) is 18.0. The average Bonchev–Trinajstić information content (AvgIpc) is 2.96. The molecule has 1 aromatic carbocycles. The third-order valence-electron chi connectivity index (χ3n) is 4.28. The first-order valence-electron chi connectivity index (χ1n) is 8.08. The first-order chi connectivity index (χ1) is 12.0. The van der Waals surface area contributed by atoms with Crippen molar-refractivity contribution in [3.63, 3.8) is 0 Å². The molecule has 25 heavy (non-hydrogen) atoms. The van der Waals surface area contributed by atoms with Crippen molar-refractivity contribution in [2.24, 2.45) is 0 Å². The molecule has 2 heterocycles. The fraction of sp³-hybridized carbons (Fsp3) is 0.263. The van der Waals surface area contributed by atoms with Crippen LogP contribution >= 0.6 is 0 Å². The number of hydrogen-bond acceptors (Lipinski definition) is 3. The molecule has 0 spiro atoms. The molecule has 3 N–H and O–H groups in total. The highest BCUT2D eigenvalue weighted by molar-refractivity contribution is 5.89. The van der Waals surface area contributed by atoms with Gasteiger partial charge in [-0.3, -0.25) is 9.59 Å². The molecule has 0 atom stereocenters. The predicted molar refractivity (Wildman–Crippen MR) is 96.9 cm³/mol. The minimum atomic E-state index is -0.158. The number of aryl methyl sites for hydroxylation is 2. The van der Waals surface area contributed by atoms with Crippen molar-refractivity contribution in [1.29, 1.82) is 0 Å². The lowest BCUT2D eigenvalue weighted by molar-refractivity contribution is -0.120. The van der Waals surface area contributed by atoms with Gasteiger partial charge >= 0.3 is 0 Å². The van der Waals surface area contributed by atoms with E-state index in [1.54, 1.807) is 7.11 Å². The van der Waals surface area contributed by atoms with Crippen molar-refractivity contribution in [2.75, 3.05) is 7.11 Å². The van der Waals surface area contributed by atoms with Crippen molar-refractivity contribution in [1.82, 2.24) is 15.3 Å². The Morgan fingerprint density at radius 3 is 2.76 bits per heavy atom. The summed E-state index contributed by atoms with van der Waals surface area (Å²) in [5, 5.41) is 3.78. The quantitative estimate of drug-likeness (QED) is 0.667. The van der Waals surface area contributed by atoms with Gasteiger partial charge in [-0.25, -0.2) is 0 Å². The van der Waals surface area contributed by atoms with E-state index in [1.807, 2.05) is 44.3 Å². The largest absolute Gasteiger partial charge is 0.497 e. The highest BCUT2D eigenvalue weighted by Gasteiger charge is 2.11. The zero-order valence-corrected chi connectivity index (χ0v) is 14.5. The van der Waals surface area contributed by atoms with E-state index in [9.17, 15) is 9.59 Å². The number of pyridine rings is 1. The Labute approximate surface area is 145 Å². The van der Waals surface area contributed by atoms with Gasteiger partial charge in [0, 0.05) is 34.9 Å². The molecule has 0 radical (unpaired) electrons. The SMILES string of the molecule is COc1ccc2[nH]cc(CC(=O)NCc3c(C)cc(C)[nH]c3=O)c2c1. The minimum Gasteiger partial charge on any atom is -0.497 e. The summed E-state index contributed by atoms with van der Waals surface area (Å²) in [6, 6.07) is 7.60. The van der Waals surface area contributed by atoms with Crippen LogP contribution in [0.3, 0.4) is 0 Å². The molecule has 0 saturated heterocycles. The Morgan fingerprint density at radius 1 is 1.24 bits per heavy atom. The number of nitrogens with one attached hydrogen (secondary N) is 3. The number of H-pyrrole nitrogens is 2. The summed E-state index contributed by atoms with van der Waals surface area (Å²) in [7, 11) is 1.61. The van der Waals surface area contributed by atoms with Gasteiger partial charge in [-0.05, 0) is 49.2 Å². The van der Waals surface area contributed by atoms with Gasteiger partial charge in [-0.1, -0.05) is 0 Å². The van der Waals surface area contributed by atoms with Gasteiger partial charge < -0.3 is 20.0 Å². The maximum atomic E-state index is 12.3. The predicted octanol–water partition coefficient (Wildman–Crippen LogP) is 2.34. The molecule has 2 aromatic heterocycles. The number of fused-ring (bicyclic) bond motifs is 1. The lowest BCUT2D eigenvalue weighted by Crippen LogP contribution is -2.28. The number of amides is 1. The average molecular weight is 339 g/mol. The normalized spacial score (nSPS) is 10.8. The van der Waals surface area contributed by atoms with Gasteiger partial charge in [0.2, 0.25) is 5.91 Å². The third-order valence-corrected chi connectivity index (χ3v) is 4.28. The highest BCUT2D eigenvalue weighted by atomic mass is 16.5. The summed E-state index contributed by atoms with van der Waals surface area (Å²) in [5.41, 5.74) is 3.95. The molecule has 3 rings (SSSR count). The summed E-state index contributed by atoms with van der Waals surface area (Å²) in [6.07, 6.45) is 2.06. The summed E-state index contributed by atoms with van der Waals surface area (Å²) < 4.78 is 5.24. The van der Waals surface area contributed by atoms with E-state index < -0.39 is 0 Å². The molecule has 0 saturated carbocycles. The van der Waals surface area contributed by atoms with E-state index >= 15 is 0 Å². The number of carbonyl (C=O) groups is 1. The lowest BCUT2D eigenvalue weighted by Gasteiger charge is -2.08. The Balaban J connectivity index is 1.72. The third kappa shape index (κ3) is 3.57. The summed E-state index contributed by atoms with van der Waals surface area (Å²) in [4.78, 5) is 30.2. The van der Waals surface area contributed by atoms with Crippen LogP contribution < -0.4 is 15.6 Å². The molecule has 3 aromatic rings. The molecule has 0 fully saturated rings. The number of hydrogen-bond donors (Lipinski definition) is 3. The van der Waals surface area contributed by atoms with Crippen molar-refractivity contribution in [2.45, 2.75) is 26.8 Å². The van der Waals surface area contributed by atoms with Gasteiger partial charge in [0.25, 0.3) is 5.56 Å². The zero-order valence-electron chi connectivity index (χ0n) is 14.5. The van der Waals surface area contributed by atoms with E-state index in [4.69, 9.17) is 4.74 Å². The van der Waals surface area contributed by atoms with Crippen molar-refractivity contribution in [3.05, 3.63) is 63.2 Å². The summed E-state index contributed by atoms with van der Waals surface area (Å²) >= 11 is 0. The monoisotopic (exact) mass is 339 g/mol. The van der Waals surface area contributed by atoms with Crippen molar-refractivity contribution < 1.29 is 9.53 Å². The van der Waals surface area contributed by atoms with Crippen LogP contribution in [0.2, 0.25) is 0 Å². The van der Waals surface area contributed by atoms with Crippen LogP contribution in [0.15, 0.2) is 35.3 Å². The van der Waals surface area contributed by atoms with E-state index in [1.165, 1.54) is 0 Å². The molecule has 6 heteroatoms. The number of methoxy groups -OCH3 is 1. The molecule has 0 aliphatic heterocycles. The first kappa shape index (κ1) is 16.8. The van der Waals surface area contributed by atoms with Crippen LogP contribution in [-0.2, 0) is 17.8 Å². The highest BCUT2D eigenvalue weighted by Crippen LogP contribution is 2.23. The fourth-order valence-electron chi connectivity index (χ4n) is 2.95. The van der Waals surface area contributed by atoms with Gasteiger partial charge in [0.15, 0.2) is 0 Å². The minimum absolute atomic E-state index is 0.136. The van der Waals surface area contributed by atoms with E-state index in [0.29, 0.717) is 5.56 Å². The molecule has 6 nitrogen and oxygen atoms in total. The van der Waals surface area contributed by atoms with Gasteiger partial charge in [0.1, 0.15) is 5.75 Å². The lowest BCUT2D eigenvalue weighted by atomic mass is 10.1. The Kier molecular flexibility index (Phi) is 4.61. The number of rotatable bonds is 5. The number of ether oxygens (including phenoxy) is 1. The van der Waals surface area contributed by atoms with E-state index in [0.717, 1.165) is 33.5 Å². The van der Waals surface area contributed by atoms with Crippen LogP contribution in [0.25, 0.3) is 10.9 Å². The van der Waals surface area contributed by atoms with Gasteiger partial charge in [0.05, 0.1) is 13.5 Å². The maximum Gasteiger partial charge on any atom is 0.253 e. The molecule has 130 valence electrons. The van der Waals surface area contributed by atoms with E-state index in [-0.39, 0.29) is 24.4 Å². The summed E-state index contributed by atoms with van der Waals surface area (Å²) in [5.74, 6) is 0.610. The summed E-state index contributed by atoms with van der Waals surface area (Å²) in [6.45, 7) is 3.92. The first-order valence-corrected chi connectivity index (χ1v) is 8.08. The standard InChI is InChI=1S/C19H21N3O3/c1-11-6-12(2)22-19(24)16(11)10-21-18(23)7-13-9-20-17-5-4-14(25-3)8-15(13)17/h4-6,8-9,20H,7,10H2,1-3H3,(H,21,23)(H,22,24). The number of aromatic amines is 2. The van der Waals surface area contributed by atoms with Crippen LogP contribution in [0.5, 0.6) is 5.75 Å². The fourth-order valence-corrected chi connectivity index (χ4v) is 2.95. The second-order valence-corrected chi connectivity index (χ2v) is 6.12. The topological polar surface area (TPSA) is 87.0 Å². The number of benzene rings is 1. The van der Waals surface area contributed by atoms with Crippen molar-refractivity contribution >= 4 is 16.8 Å². The Bertz CT molecular complexity index is 985. The number of aromatic nitrogens is 2. The van der Waals surface area contributed by atoms with Crippen LogP contribution in [0.4, 0.5) is 0 Å². The van der Waals surface area contributed by atoms with Crippen molar-refractivity contribution in [3.8, 4) is 5.75 Å². The smallest absolute Gasteiger partial charge is 0.253 e. The Morgan fingerprint density at radius 2 is 2.04 bits per heavy atom. The van der Waals surface area contributed by atoms with Crippen LogP contribution in [-0.4, -0.2) is 23.0 Å².